The summed E-state index contributed by atoms with van der Waals surface area (Å²) in [5.74, 6) is -0.229. The van der Waals surface area contributed by atoms with Crippen molar-refractivity contribution in [3.63, 3.8) is 0 Å². The number of benzene rings is 2. The van der Waals surface area contributed by atoms with E-state index in [9.17, 15) is 13.2 Å². The Morgan fingerprint density at radius 3 is 2.16 bits per heavy atom. The van der Waals surface area contributed by atoms with E-state index in [0.29, 0.717) is 21.3 Å². The second kappa shape index (κ2) is 7.67. The van der Waals surface area contributed by atoms with Gasteiger partial charge in [-0.3, -0.25) is 0 Å². The highest BCUT2D eigenvalue weighted by atomic mass is 35.5. The van der Waals surface area contributed by atoms with E-state index in [1.165, 1.54) is 24.3 Å². The molecule has 0 atom stereocenters. The lowest BCUT2D eigenvalue weighted by molar-refractivity contribution is -0.274. The van der Waals surface area contributed by atoms with Crippen molar-refractivity contribution < 1.29 is 17.9 Å². The quantitative estimate of drug-likeness (QED) is 0.617. The third kappa shape index (κ3) is 6.21. The number of allylic oxidation sites excluding steroid dienone is 1. The fourth-order valence-electron chi connectivity index (χ4n) is 1.89. The van der Waals surface area contributed by atoms with Crippen LogP contribution >= 0.6 is 23.2 Å². The molecule has 0 amide bonds. The van der Waals surface area contributed by atoms with E-state index in [1.54, 1.807) is 12.1 Å². The molecule has 4 nitrogen and oxygen atoms in total. The number of nitrogens with one attached hydrogen (secondary N) is 2. The molecule has 0 radical (unpaired) electrons. The molecular weight excluding hydrogens is 378 g/mol. The zero-order valence-corrected chi connectivity index (χ0v) is 14.0. The van der Waals surface area contributed by atoms with Crippen molar-refractivity contribution in [1.82, 2.24) is 0 Å². The zero-order chi connectivity index (χ0) is 18.6. The lowest BCUT2D eigenvalue weighted by Gasteiger charge is -2.11. The molecule has 9 heteroatoms. The number of anilines is 1. The summed E-state index contributed by atoms with van der Waals surface area (Å²) >= 11 is 11.8. The van der Waals surface area contributed by atoms with Gasteiger partial charge in [0.1, 0.15) is 11.6 Å². The van der Waals surface area contributed by atoms with E-state index in [2.05, 4.69) is 10.1 Å². The summed E-state index contributed by atoms with van der Waals surface area (Å²) in [6.07, 6.45) is -3.41. The molecule has 132 valence electrons. The van der Waals surface area contributed by atoms with Gasteiger partial charge in [-0.2, -0.15) is 0 Å². The van der Waals surface area contributed by atoms with Gasteiger partial charge in [-0.25, -0.2) is 0 Å². The van der Waals surface area contributed by atoms with Crippen molar-refractivity contribution in [1.29, 1.82) is 5.41 Å². The maximum Gasteiger partial charge on any atom is 0.573 e. The van der Waals surface area contributed by atoms with Crippen LogP contribution in [0.3, 0.4) is 0 Å². The summed E-state index contributed by atoms with van der Waals surface area (Å²) < 4.78 is 40.1. The number of alkyl halides is 3. The van der Waals surface area contributed by atoms with Crippen LogP contribution in [-0.4, -0.2) is 12.1 Å². The molecule has 0 bridgehead atoms. The van der Waals surface area contributed by atoms with Gasteiger partial charge < -0.3 is 21.2 Å². The summed E-state index contributed by atoms with van der Waals surface area (Å²) in [5, 5.41) is 11.5. The summed E-state index contributed by atoms with van der Waals surface area (Å²) in [6, 6.07) is 9.67. The SMILES string of the molecule is N=C(/C=C(/N)Nc1ccc(OC(F)(F)F)cc1)c1cc(Cl)cc(Cl)c1. The third-order valence-corrected chi connectivity index (χ3v) is 3.29. The van der Waals surface area contributed by atoms with Crippen LogP contribution in [0.4, 0.5) is 18.9 Å². The Balaban J connectivity index is 2.06. The van der Waals surface area contributed by atoms with Crippen LogP contribution < -0.4 is 15.8 Å². The predicted octanol–water partition coefficient (Wildman–Crippen LogP) is 5.17. The van der Waals surface area contributed by atoms with Crippen LogP contribution in [0.25, 0.3) is 0 Å². The van der Waals surface area contributed by atoms with Gasteiger partial charge >= 0.3 is 6.36 Å². The van der Waals surface area contributed by atoms with Crippen LogP contribution in [0, 0.1) is 5.41 Å². The second-order valence-corrected chi connectivity index (χ2v) is 5.74. The van der Waals surface area contributed by atoms with Gasteiger partial charge in [0.25, 0.3) is 0 Å². The first-order valence-corrected chi connectivity index (χ1v) is 7.53. The monoisotopic (exact) mass is 389 g/mol. The van der Waals surface area contributed by atoms with Crippen LogP contribution in [0.5, 0.6) is 5.75 Å². The smallest absolute Gasteiger partial charge is 0.406 e. The van der Waals surface area contributed by atoms with Crippen LogP contribution in [0.15, 0.2) is 54.4 Å². The molecule has 0 aliphatic heterocycles. The minimum atomic E-state index is -4.75. The van der Waals surface area contributed by atoms with E-state index in [1.807, 2.05) is 0 Å². The molecule has 4 N–H and O–H groups in total. The van der Waals surface area contributed by atoms with Crippen molar-refractivity contribution in [2.24, 2.45) is 5.73 Å². The molecule has 0 unspecified atom stereocenters. The Morgan fingerprint density at radius 1 is 1.08 bits per heavy atom. The molecule has 2 rings (SSSR count). The first-order chi connectivity index (χ1) is 11.6. The highest BCUT2D eigenvalue weighted by molar-refractivity contribution is 6.35. The van der Waals surface area contributed by atoms with Crippen LogP contribution in [0.2, 0.25) is 10.0 Å². The number of hydrogen-bond donors (Lipinski definition) is 3. The minimum absolute atomic E-state index is 0.0615. The number of hydrogen-bond acceptors (Lipinski definition) is 4. The van der Waals surface area contributed by atoms with E-state index >= 15 is 0 Å². The van der Waals surface area contributed by atoms with Gasteiger partial charge in [0.2, 0.25) is 0 Å². The molecule has 2 aromatic carbocycles. The standard InChI is InChI=1S/C16H12Cl2F3N3O/c17-10-5-9(6-11(18)7-10)14(22)8-15(23)24-12-1-3-13(4-2-12)25-16(19,20)21/h1-8,22,24H,23H2/b15-8-,22-14?. The van der Waals surface area contributed by atoms with Crippen molar-refractivity contribution in [3.8, 4) is 5.75 Å². The zero-order valence-electron chi connectivity index (χ0n) is 12.5. The Hall–Kier alpha value is -2.38. The van der Waals surface area contributed by atoms with Gasteiger partial charge in [-0.05, 0) is 42.5 Å². The molecule has 0 aliphatic rings. The maximum atomic E-state index is 12.1. The molecule has 0 heterocycles. The summed E-state index contributed by atoms with van der Waals surface area (Å²) in [7, 11) is 0. The highest BCUT2D eigenvalue weighted by Gasteiger charge is 2.30. The van der Waals surface area contributed by atoms with E-state index in [4.69, 9.17) is 34.3 Å². The van der Waals surface area contributed by atoms with Gasteiger partial charge in [0.15, 0.2) is 0 Å². The summed E-state index contributed by atoms with van der Waals surface area (Å²) in [6.45, 7) is 0. The van der Waals surface area contributed by atoms with E-state index in [-0.39, 0.29) is 17.3 Å². The van der Waals surface area contributed by atoms with Gasteiger partial charge in [-0.15, -0.1) is 13.2 Å². The number of nitrogens with two attached hydrogens (primary N) is 1. The predicted molar refractivity (Wildman–Crippen MR) is 92.3 cm³/mol. The molecule has 2 aromatic rings. The lowest BCUT2D eigenvalue weighted by Crippen LogP contribution is -2.17. The Bertz CT molecular complexity index is 785. The second-order valence-electron chi connectivity index (χ2n) is 4.87. The van der Waals surface area contributed by atoms with Gasteiger partial charge in [0, 0.05) is 27.4 Å². The minimum Gasteiger partial charge on any atom is -0.406 e. The summed E-state index contributed by atoms with van der Waals surface area (Å²) in [4.78, 5) is 0. The molecule has 0 spiro atoms. The Kier molecular flexibility index (Phi) is 5.81. The molecule has 0 aromatic heterocycles. The maximum absolute atomic E-state index is 12.1. The van der Waals surface area contributed by atoms with E-state index < -0.39 is 6.36 Å². The lowest BCUT2D eigenvalue weighted by atomic mass is 10.1. The molecule has 0 fully saturated rings. The van der Waals surface area contributed by atoms with Crippen molar-refractivity contribution >= 4 is 34.6 Å². The summed E-state index contributed by atoms with van der Waals surface area (Å²) in [5.41, 5.74) is 6.75. The van der Waals surface area contributed by atoms with E-state index in [0.717, 1.165) is 12.1 Å². The number of ether oxygens (including phenoxy) is 1. The largest absolute Gasteiger partial charge is 0.573 e. The highest BCUT2D eigenvalue weighted by Crippen LogP contribution is 2.24. The molecule has 0 saturated heterocycles. The van der Waals surface area contributed by atoms with Gasteiger partial charge in [-0.1, -0.05) is 23.2 Å². The molecule has 0 aliphatic carbocycles. The first-order valence-electron chi connectivity index (χ1n) is 6.77. The normalized spacial score (nSPS) is 12.0. The molecule has 25 heavy (non-hydrogen) atoms. The average Bonchev–Trinajstić information content (AvgIpc) is 2.46. The number of rotatable bonds is 5. The molecular formula is C16H12Cl2F3N3O. The van der Waals surface area contributed by atoms with Crippen molar-refractivity contribution in [2.45, 2.75) is 6.36 Å². The van der Waals surface area contributed by atoms with Gasteiger partial charge in [0.05, 0.1) is 5.71 Å². The first kappa shape index (κ1) is 19.0. The average molecular weight is 390 g/mol. The Morgan fingerprint density at radius 2 is 1.64 bits per heavy atom. The fourth-order valence-corrected chi connectivity index (χ4v) is 2.42. The van der Waals surface area contributed by atoms with Crippen LogP contribution in [-0.2, 0) is 0 Å². The topological polar surface area (TPSA) is 71.1 Å². The number of halogens is 5. The van der Waals surface area contributed by atoms with Crippen LogP contribution in [0.1, 0.15) is 5.56 Å². The fraction of sp³-hybridized carbons (Fsp3) is 0.0625. The third-order valence-electron chi connectivity index (χ3n) is 2.85. The van der Waals surface area contributed by atoms with Crippen molar-refractivity contribution in [2.75, 3.05) is 5.32 Å². The molecule has 0 saturated carbocycles. The Labute approximate surface area is 151 Å². The van der Waals surface area contributed by atoms with Crippen molar-refractivity contribution in [3.05, 3.63) is 70.0 Å².